The van der Waals surface area contributed by atoms with Crippen molar-refractivity contribution in [2.45, 2.75) is 19.4 Å². The van der Waals surface area contributed by atoms with E-state index < -0.39 is 0 Å². The number of hydrogen-bond donors (Lipinski definition) is 2. The van der Waals surface area contributed by atoms with Crippen LogP contribution in [-0.4, -0.2) is 29.1 Å². The van der Waals surface area contributed by atoms with Crippen LogP contribution in [-0.2, 0) is 11.3 Å². The summed E-state index contributed by atoms with van der Waals surface area (Å²) in [4.78, 5) is 15.9. The van der Waals surface area contributed by atoms with E-state index in [2.05, 4.69) is 10.3 Å². The number of nitrogens with zero attached hydrogens (tertiary/aromatic N) is 2. The summed E-state index contributed by atoms with van der Waals surface area (Å²) in [5.41, 5.74) is 7.68. The molecule has 3 rings (SSSR count). The summed E-state index contributed by atoms with van der Waals surface area (Å²) in [6.07, 6.45) is 2.03. The highest BCUT2D eigenvalue weighted by Crippen LogP contribution is 2.28. The summed E-state index contributed by atoms with van der Waals surface area (Å²) in [5, 5.41) is 2.93. The van der Waals surface area contributed by atoms with Crippen molar-refractivity contribution in [1.82, 2.24) is 14.9 Å². The average molecular weight is 274 g/mol. The first kappa shape index (κ1) is 12.8. The standard InChI is InChI=1S/C14H18N4O2/c1-20-10-4-5-12-11(8-10)17-14(15)18(12)7-6-16-13(19)9-2-3-9/h4-5,8-9H,2-3,6-7H2,1H3,(H2,15,17)(H,16,19). The summed E-state index contributed by atoms with van der Waals surface area (Å²) >= 11 is 0. The second-order valence-electron chi connectivity index (χ2n) is 5.04. The zero-order chi connectivity index (χ0) is 14.1. The highest BCUT2D eigenvalue weighted by atomic mass is 16.5. The quantitative estimate of drug-likeness (QED) is 0.857. The van der Waals surface area contributed by atoms with Crippen molar-refractivity contribution in [3.8, 4) is 5.75 Å². The third-order valence-electron chi connectivity index (χ3n) is 3.57. The number of imidazole rings is 1. The number of anilines is 1. The van der Waals surface area contributed by atoms with Crippen LogP contribution >= 0.6 is 0 Å². The van der Waals surface area contributed by atoms with Crippen LogP contribution in [0.1, 0.15) is 12.8 Å². The summed E-state index contributed by atoms with van der Waals surface area (Å²) in [7, 11) is 1.62. The zero-order valence-corrected chi connectivity index (χ0v) is 11.4. The molecule has 1 amide bonds. The van der Waals surface area contributed by atoms with Crippen LogP contribution < -0.4 is 15.8 Å². The maximum absolute atomic E-state index is 11.6. The van der Waals surface area contributed by atoms with Crippen molar-refractivity contribution in [2.24, 2.45) is 5.92 Å². The van der Waals surface area contributed by atoms with Crippen LogP contribution in [0.3, 0.4) is 0 Å². The number of aromatic nitrogens is 2. The lowest BCUT2D eigenvalue weighted by molar-refractivity contribution is -0.122. The lowest BCUT2D eigenvalue weighted by Crippen LogP contribution is -2.28. The molecule has 0 radical (unpaired) electrons. The smallest absolute Gasteiger partial charge is 0.223 e. The molecule has 6 nitrogen and oxygen atoms in total. The number of hydrogen-bond acceptors (Lipinski definition) is 4. The first-order valence-corrected chi connectivity index (χ1v) is 6.76. The Balaban J connectivity index is 1.73. The fraction of sp³-hybridized carbons (Fsp3) is 0.429. The maximum Gasteiger partial charge on any atom is 0.223 e. The summed E-state index contributed by atoms with van der Waals surface area (Å²) in [6.45, 7) is 1.18. The van der Waals surface area contributed by atoms with Gasteiger partial charge in [0.15, 0.2) is 0 Å². The first-order valence-electron chi connectivity index (χ1n) is 6.76. The molecule has 1 heterocycles. The molecule has 0 atom stereocenters. The Morgan fingerprint density at radius 2 is 2.35 bits per heavy atom. The monoisotopic (exact) mass is 274 g/mol. The van der Waals surface area contributed by atoms with E-state index in [-0.39, 0.29) is 11.8 Å². The second kappa shape index (κ2) is 5.03. The van der Waals surface area contributed by atoms with E-state index in [4.69, 9.17) is 10.5 Å². The molecule has 1 aliphatic rings. The molecule has 106 valence electrons. The molecule has 20 heavy (non-hydrogen) atoms. The Morgan fingerprint density at radius 1 is 1.55 bits per heavy atom. The molecule has 1 saturated carbocycles. The van der Waals surface area contributed by atoms with E-state index in [1.54, 1.807) is 7.11 Å². The molecule has 0 aliphatic heterocycles. The van der Waals surface area contributed by atoms with Gasteiger partial charge in [-0.25, -0.2) is 4.98 Å². The number of carbonyl (C=O) groups is 1. The molecule has 0 saturated heterocycles. The Morgan fingerprint density at radius 3 is 3.05 bits per heavy atom. The largest absolute Gasteiger partial charge is 0.497 e. The number of amides is 1. The fourth-order valence-electron chi connectivity index (χ4n) is 2.27. The second-order valence-corrected chi connectivity index (χ2v) is 5.04. The number of nitrogens with two attached hydrogens (primary N) is 1. The van der Waals surface area contributed by atoms with Crippen molar-refractivity contribution in [1.29, 1.82) is 0 Å². The van der Waals surface area contributed by atoms with E-state index in [9.17, 15) is 4.79 Å². The van der Waals surface area contributed by atoms with Gasteiger partial charge in [-0.15, -0.1) is 0 Å². The van der Waals surface area contributed by atoms with Gasteiger partial charge in [0.2, 0.25) is 11.9 Å². The topological polar surface area (TPSA) is 82.2 Å². The van der Waals surface area contributed by atoms with E-state index in [1.165, 1.54) is 0 Å². The Bertz CT molecular complexity index is 646. The van der Waals surface area contributed by atoms with Crippen LogP contribution in [0.25, 0.3) is 11.0 Å². The SMILES string of the molecule is COc1ccc2c(c1)nc(N)n2CCNC(=O)C1CC1. The molecular weight excluding hydrogens is 256 g/mol. The molecule has 3 N–H and O–H groups in total. The average Bonchev–Trinajstić information content (AvgIpc) is 3.24. The lowest BCUT2D eigenvalue weighted by Gasteiger charge is -2.08. The maximum atomic E-state index is 11.6. The molecule has 1 aliphatic carbocycles. The van der Waals surface area contributed by atoms with Crippen molar-refractivity contribution in [3.63, 3.8) is 0 Å². The van der Waals surface area contributed by atoms with Crippen LogP contribution in [0, 0.1) is 5.92 Å². The van der Waals surface area contributed by atoms with Crippen molar-refractivity contribution in [3.05, 3.63) is 18.2 Å². The van der Waals surface area contributed by atoms with Gasteiger partial charge in [-0.05, 0) is 25.0 Å². The predicted octanol–water partition coefficient (Wildman–Crippen LogP) is 1.15. The molecule has 2 aromatic rings. The van der Waals surface area contributed by atoms with Gasteiger partial charge in [0, 0.05) is 25.1 Å². The van der Waals surface area contributed by atoms with Crippen molar-refractivity contribution >= 4 is 22.9 Å². The molecule has 0 bridgehead atoms. The summed E-state index contributed by atoms with van der Waals surface area (Å²) in [6, 6.07) is 5.66. The molecule has 6 heteroatoms. The van der Waals surface area contributed by atoms with Gasteiger partial charge in [0.25, 0.3) is 0 Å². The van der Waals surface area contributed by atoms with Crippen LogP contribution in [0.2, 0.25) is 0 Å². The molecular formula is C14H18N4O2. The number of nitrogen functional groups attached to an aromatic ring is 1. The van der Waals surface area contributed by atoms with Gasteiger partial charge < -0.3 is 20.4 Å². The van der Waals surface area contributed by atoms with Crippen LogP contribution in [0.5, 0.6) is 5.75 Å². The fourth-order valence-corrected chi connectivity index (χ4v) is 2.27. The summed E-state index contributed by atoms with van der Waals surface area (Å²) < 4.78 is 7.07. The van der Waals surface area contributed by atoms with Crippen LogP contribution in [0.4, 0.5) is 5.95 Å². The summed E-state index contributed by atoms with van der Waals surface area (Å²) in [5.74, 6) is 1.59. The Labute approximate surface area is 116 Å². The van der Waals surface area contributed by atoms with Crippen molar-refractivity contribution < 1.29 is 9.53 Å². The predicted molar refractivity (Wildman–Crippen MR) is 76.4 cm³/mol. The molecule has 1 fully saturated rings. The number of carbonyl (C=O) groups excluding carboxylic acids is 1. The van der Waals surface area contributed by atoms with Gasteiger partial charge >= 0.3 is 0 Å². The van der Waals surface area contributed by atoms with Crippen molar-refractivity contribution in [2.75, 3.05) is 19.4 Å². The zero-order valence-electron chi connectivity index (χ0n) is 11.4. The third-order valence-corrected chi connectivity index (χ3v) is 3.57. The lowest BCUT2D eigenvalue weighted by atomic mass is 10.3. The normalized spacial score (nSPS) is 14.4. The van der Waals surface area contributed by atoms with Gasteiger partial charge in [0.05, 0.1) is 18.1 Å². The van der Waals surface area contributed by atoms with E-state index >= 15 is 0 Å². The molecule has 1 aromatic heterocycles. The third kappa shape index (κ3) is 2.41. The minimum absolute atomic E-state index is 0.148. The van der Waals surface area contributed by atoms with Gasteiger partial charge in [-0.1, -0.05) is 0 Å². The minimum Gasteiger partial charge on any atom is -0.497 e. The highest BCUT2D eigenvalue weighted by Gasteiger charge is 2.29. The first-order chi connectivity index (χ1) is 9.69. The number of methoxy groups -OCH3 is 1. The Hall–Kier alpha value is -2.24. The van der Waals surface area contributed by atoms with E-state index in [0.717, 1.165) is 29.6 Å². The molecule has 1 aromatic carbocycles. The number of fused-ring (bicyclic) bond motifs is 1. The van der Waals surface area contributed by atoms with Gasteiger partial charge in [-0.3, -0.25) is 4.79 Å². The number of benzene rings is 1. The molecule has 0 spiro atoms. The van der Waals surface area contributed by atoms with E-state index in [1.807, 2.05) is 22.8 Å². The number of ether oxygens (including phenoxy) is 1. The van der Waals surface area contributed by atoms with Gasteiger partial charge in [0.1, 0.15) is 5.75 Å². The Kier molecular flexibility index (Phi) is 3.22. The molecule has 0 unspecified atom stereocenters. The van der Waals surface area contributed by atoms with Gasteiger partial charge in [-0.2, -0.15) is 0 Å². The number of nitrogens with one attached hydrogen (secondary N) is 1. The highest BCUT2D eigenvalue weighted by molar-refractivity contribution is 5.81. The minimum atomic E-state index is 0.148. The van der Waals surface area contributed by atoms with E-state index in [0.29, 0.717) is 19.0 Å². The van der Waals surface area contributed by atoms with Crippen LogP contribution in [0.15, 0.2) is 18.2 Å². The number of rotatable bonds is 5.